The van der Waals surface area contributed by atoms with E-state index in [0.717, 1.165) is 31.5 Å². The van der Waals surface area contributed by atoms with Crippen LogP contribution < -0.4 is 5.32 Å². The van der Waals surface area contributed by atoms with Gasteiger partial charge in [-0.05, 0) is 25.0 Å². The molecule has 0 saturated carbocycles. The Morgan fingerprint density at radius 3 is 2.95 bits per heavy atom. The topological polar surface area (TPSA) is 92.9 Å². The van der Waals surface area contributed by atoms with Gasteiger partial charge in [-0.15, -0.1) is 5.10 Å². The summed E-state index contributed by atoms with van der Waals surface area (Å²) in [4.78, 5) is 15.6. The maximum Gasteiger partial charge on any atom is 0.335 e. The summed E-state index contributed by atoms with van der Waals surface area (Å²) in [5.41, 5.74) is 1.07. The van der Waals surface area contributed by atoms with Gasteiger partial charge in [-0.3, -0.25) is 4.68 Å². The summed E-state index contributed by atoms with van der Waals surface area (Å²) in [6, 6.07) is 3.20. The van der Waals surface area contributed by atoms with E-state index in [2.05, 4.69) is 20.6 Å². The summed E-state index contributed by atoms with van der Waals surface area (Å²) in [5.74, 6) is -0.322. The molecule has 21 heavy (non-hydrogen) atoms. The molecule has 112 valence electrons. The largest absolute Gasteiger partial charge is 0.478 e. The highest BCUT2D eigenvalue weighted by Crippen LogP contribution is 2.12. The number of carbonyl (C=O) groups is 1. The van der Waals surface area contributed by atoms with Gasteiger partial charge in [-0.2, -0.15) is 0 Å². The summed E-state index contributed by atoms with van der Waals surface area (Å²) in [5, 5.41) is 19.9. The molecular weight excluding hydrogens is 270 g/mol. The third-order valence-corrected chi connectivity index (χ3v) is 2.97. The van der Waals surface area contributed by atoms with Crippen LogP contribution in [0.4, 0.5) is 5.82 Å². The van der Waals surface area contributed by atoms with Crippen molar-refractivity contribution in [2.45, 2.75) is 32.7 Å². The van der Waals surface area contributed by atoms with Crippen molar-refractivity contribution >= 4 is 11.8 Å². The monoisotopic (exact) mass is 289 g/mol. The summed E-state index contributed by atoms with van der Waals surface area (Å²) >= 11 is 0. The molecule has 0 aromatic carbocycles. The average molecular weight is 289 g/mol. The van der Waals surface area contributed by atoms with E-state index in [9.17, 15) is 4.79 Å². The van der Waals surface area contributed by atoms with Crippen molar-refractivity contribution in [2.24, 2.45) is 0 Å². The lowest BCUT2D eigenvalue weighted by atomic mass is 10.1. The van der Waals surface area contributed by atoms with Gasteiger partial charge in [0.15, 0.2) is 0 Å². The molecule has 0 aliphatic carbocycles. The fourth-order valence-electron chi connectivity index (χ4n) is 2.00. The maximum atomic E-state index is 11.1. The Morgan fingerprint density at radius 1 is 1.43 bits per heavy atom. The van der Waals surface area contributed by atoms with E-state index in [1.807, 2.05) is 13.1 Å². The number of carboxylic acids is 1. The van der Waals surface area contributed by atoms with E-state index in [-0.39, 0.29) is 5.56 Å². The molecule has 2 N–H and O–H groups in total. The van der Waals surface area contributed by atoms with Crippen LogP contribution in [0.15, 0.2) is 24.5 Å². The molecule has 0 radical (unpaired) electrons. The second-order valence-corrected chi connectivity index (χ2v) is 4.73. The van der Waals surface area contributed by atoms with E-state index in [0.29, 0.717) is 12.4 Å². The van der Waals surface area contributed by atoms with Gasteiger partial charge in [0.1, 0.15) is 5.82 Å². The molecular formula is C14H19N5O2. The van der Waals surface area contributed by atoms with Crippen LogP contribution in [-0.2, 0) is 13.0 Å². The molecule has 2 aromatic heterocycles. The number of nitrogens with zero attached hydrogens (tertiary/aromatic N) is 4. The number of carboxylic acid groups (broad SMARTS) is 1. The van der Waals surface area contributed by atoms with Crippen LogP contribution in [0.1, 0.15) is 35.8 Å². The Balaban J connectivity index is 1.93. The number of pyridine rings is 1. The molecule has 0 aliphatic rings. The van der Waals surface area contributed by atoms with E-state index in [1.165, 1.54) is 0 Å². The molecule has 7 nitrogen and oxygen atoms in total. The van der Waals surface area contributed by atoms with Crippen molar-refractivity contribution in [3.05, 3.63) is 35.8 Å². The second-order valence-electron chi connectivity index (χ2n) is 4.73. The lowest BCUT2D eigenvalue weighted by Crippen LogP contribution is -2.10. The van der Waals surface area contributed by atoms with Crippen LogP contribution >= 0.6 is 0 Å². The number of nitrogens with one attached hydrogen (secondary N) is 1. The predicted octanol–water partition coefficient (Wildman–Crippen LogP) is 1.83. The number of anilines is 1. The van der Waals surface area contributed by atoms with Crippen LogP contribution in [0.25, 0.3) is 0 Å². The van der Waals surface area contributed by atoms with Crippen LogP contribution in [0.2, 0.25) is 0 Å². The highest BCUT2D eigenvalue weighted by molar-refractivity contribution is 5.88. The van der Waals surface area contributed by atoms with Crippen molar-refractivity contribution < 1.29 is 9.90 Å². The Bertz CT molecular complexity index is 583. The zero-order chi connectivity index (χ0) is 15.1. The van der Waals surface area contributed by atoms with Crippen LogP contribution in [0.3, 0.4) is 0 Å². The molecule has 2 aromatic rings. The minimum Gasteiger partial charge on any atom is -0.478 e. The first-order valence-corrected chi connectivity index (χ1v) is 7.01. The highest BCUT2D eigenvalue weighted by Gasteiger charge is 2.08. The molecule has 2 rings (SSSR count). The molecule has 0 fully saturated rings. The second kappa shape index (κ2) is 7.37. The van der Waals surface area contributed by atoms with E-state index < -0.39 is 5.97 Å². The zero-order valence-electron chi connectivity index (χ0n) is 12.0. The molecule has 0 amide bonds. The molecule has 0 atom stereocenters. The summed E-state index contributed by atoms with van der Waals surface area (Å²) in [7, 11) is 0. The first-order valence-electron chi connectivity index (χ1n) is 7.01. The number of rotatable bonds is 8. The van der Waals surface area contributed by atoms with E-state index >= 15 is 0 Å². The van der Waals surface area contributed by atoms with E-state index in [1.54, 1.807) is 23.0 Å². The van der Waals surface area contributed by atoms with Gasteiger partial charge < -0.3 is 10.4 Å². The molecule has 0 aliphatic heterocycles. The quantitative estimate of drug-likeness (QED) is 0.720. The highest BCUT2D eigenvalue weighted by atomic mass is 16.4. The molecule has 0 unspecified atom stereocenters. The molecule has 2 heterocycles. The fourth-order valence-corrected chi connectivity index (χ4v) is 2.00. The van der Waals surface area contributed by atoms with Crippen molar-refractivity contribution in [3.8, 4) is 0 Å². The van der Waals surface area contributed by atoms with Gasteiger partial charge in [-0.25, -0.2) is 9.78 Å². The predicted molar refractivity (Wildman–Crippen MR) is 78.3 cm³/mol. The normalized spacial score (nSPS) is 10.5. The van der Waals surface area contributed by atoms with Crippen molar-refractivity contribution in [3.63, 3.8) is 0 Å². The van der Waals surface area contributed by atoms with Crippen molar-refractivity contribution in [2.75, 3.05) is 11.9 Å². The van der Waals surface area contributed by atoms with Crippen molar-refractivity contribution in [1.29, 1.82) is 0 Å². The SMILES string of the molecule is CCCc1cc(C(=O)O)cc(NCCCn2ccnn2)n1. The minimum atomic E-state index is -0.930. The fraction of sp³-hybridized carbons (Fsp3) is 0.429. The first kappa shape index (κ1) is 15.0. The number of hydrogen-bond acceptors (Lipinski definition) is 5. The molecule has 0 bridgehead atoms. The lowest BCUT2D eigenvalue weighted by Gasteiger charge is -2.09. The van der Waals surface area contributed by atoms with Crippen LogP contribution in [0.5, 0.6) is 0 Å². The standard InChI is InChI=1S/C14H19N5O2/c1-2-4-12-9-11(14(20)21)10-13(17-12)15-5-3-7-19-8-6-16-18-19/h6,8-10H,2-5,7H2,1H3,(H,15,17)(H,20,21). The van der Waals surface area contributed by atoms with Crippen molar-refractivity contribution in [1.82, 2.24) is 20.0 Å². The van der Waals surface area contributed by atoms with Gasteiger partial charge in [0.25, 0.3) is 0 Å². The Morgan fingerprint density at radius 2 is 2.29 bits per heavy atom. The van der Waals surface area contributed by atoms with Gasteiger partial charge in [0, 0.05) is 25.0 Å². The Hall–Kier alpha value is -2.44. The third kappa shape index (κ3) is 4.55. The maximum absolute atomic E-state index is 11.1. The molecule has 0 spiro atoms. The number of hydrogen-bond donors (Lipinski definition) is 2. The smallest absolute Gasteiger partial charge is 0.335 e. The van der Waals surface area contributed by atoms with Gasteiger partial charge in [-0.1, -0.05) is 18.6 Å². The Kier molecular flexibility index (Phi) is 5.25. The zero-order valence-corrected chi connectivity index (χ0v) is 12.0. The van der Waals surface area contributed by atoms with E-state index in [4.69, 9.17) is 5.11 Å². The molecule has 7 heteroatoms. The summed E-state index contributed by atoms with van der Waals surface area (Å²) in [6.45, 7) is 3.50. The number of aromatic nitrogens is 4. The summed E-state index contributed by atoms with van der Waals surface area (Å²) < 4.78 is 1.76. The van der Waals surface area contributed by atoms with Gasteiger partial charge >= 0.3 is 5.97 Å². The van der Waals surface area contributed by atoms with Crippen LogP contribution in [0, 0.1) is 0 Å². The van der Waals surface area contributed by atoms with Gasteiger partial charge in [0.05, 0.1) is 11.8 Å². The number of aryl methyl sites for hydroxylation is 2. The van der Waals surface area contributed by atoms with Gasteiger partial charge in [0.2, 0.25) is 0 Å². The number of aromatic carboxylic acids is 1. The minimum absolute atomic E-state index is 0.271. The lowest BCUT2D eigenvalue weighted by molar-refractivity contribution is 0.0696. The van der Waals surface area contributed by atoms with Crippen LogP contribution in [-0.4, -0.2) is 37.6 Å². The third-order valence-electron chi connectivity index (χ3n) is 2.97. The molecule has 0 saturated heterocycles. The first-order chi connectivity index (χ1) is 10.2. The summed E-state index contributed by atoms with van der Waals surface area (Å²) in [6.07, 6.45) is 6.01. The Labute approximate surface area is 123 Å². The average Bonchev–Trinajstić information content (AvgIpc) is 2.97.